The van der Waals surface area contributed by atoms with Crippen LogP contribution in [0, 0.1) is 17.0 Å². The van der Waals surface area contributed by atoms with Gasteiger partial charge < -0.3 is 15.7 Å². The Bertz CT molecular complexity index is 455. The summed E-state index contributed by atoms with van der Waals surface area (Å²) >= 11 is 0. The molecule has 0 spiro atoms. The molecule has 0 heterocycles. The predicted molar refractivity (Wildman–Crippen MR) is 66.6 cm³/mol. The van der Waals surface area contributed by atoms with Crippen molar-refractivity contribution in [2.24, 2.45) is 5.41 Å². The minimum atomic E-state index is -0.803. The fourth-order valence-electron chi connectivity index (χ4n) is 1.81. The monoisotopic (exact) mass is 270 g/mol. The van der Waals surface area contributed by atoms with E-state index in [9.17, 15) is 13.6 Å². The molecule has 0 aliphatic heterocycles. The first kappa shape index (κ1) is 13.9. The van der Waals surface area contributed by atoms with Crippen molar-refractivity contribution in [3.8, 4) is 0 Å². The number of para-hydroxylation sites is 1. The molecule has 0 aromatic heterocycles. The summed E-state index contributed by atoms with van der Waals surface area (Å²) < 4.78 is 26.6. The van der Waals surface area contributed by atoms with Crippen LogP contribution in [0.3, 0.4) is 0 Å². The van der Waals surface area contributed by atoms with Gasteiger partial charge in [0, 0.05) is 18.6 Å². The Hall–Kier alpha value is -1.53. The van der Waals surface area contributed by atoms with Gasteiger partial charge in [-0.15, -0.1) is 0 Å². The highest BCUT2D eigenvalue weighted by Gasteiger charge is 2.41. The van der Waals surface area contributed by atoms with Crippen molar-refractivity contribution in [3.05, 3.63) is 29.8 Å². The van der Waals surface area contributed by atoms with Crippen LogP contribution in [0.25, 0.3) is 0 Å². The van der Waals surface area contributed by atoms with E-state index in [4.69, 9.17) is 5.11 Å². The number of hydrogen-bond acceptors (Lipinski definition) is 3. The molecule has 19 heavy (non-hydrogen) atoms. The normalized spacial score (nSPS) is 16.2. The Kier molecular flexibility index (Phi) is 4.11. The summed E-state index contributed by atoms with van der Waals surface area (Å²) in [4.78, 5) is 11.5. The van der Waals surface area contributed by atoms with Gasteiger partial charge >= 0.3 is 0 Å². The van der Waals surface area contributed by atoms with E-state index in [1.165, 1.54) is 6.07 Å². The van der Waals surface area contributed by atoms with E-state index in [1.807, 2.05) is 0 Å². The van der Waals surface area contributed by atoms with Crippen LogP contribution in [0.2, 0.25) is 0 Å². The average Bonchev–Trinajstić information content (AvgIpc) is 3.15. The molecule has 1 saturated carbocycles. The molecule has 6 heteroatoms. The molecular formula is C13H16F2N2O2. The molecule has 1 aromatic carbocycles. The number of aliphatic hydroxyl groups is 1. The lowest BCUT2D eigenvalue weighted by molar-refractivity contribution is -0.115. The largest absolute Gasteiger partial charge is 0.396 e. The summed E-state index contributed by atoms with van der Waals surface area (Å²) in [5.74, 6) is -2.12. The van der Waals surface area contributed by atoms with Crippen molar-refractivity contribution >= 4 is 11.6 Å². The molecule has 0 radical (unpaired) electrons. The topological polar surface area (TPSA) is 61.4 Å². The van der Waals surface area contributed by atoms with E-state index in [2.05, 4.69) is 10.6 Å². The zero-order valence-corrected chi connectivity index (χ0v) is 10.4. The number of anilines is 1. The second-order valence-corrected chi connectivity index (χ2v) is 4.91. The van der Waals surface area contributed by atoms with E-state index in [0.717, 1.165) is 25.0 Å². The van der Waals surface area contributed by atoms with Crippen LogP contribution in [0.5, 0.6) is 0 Å². The fourth-order valence-corrected chi connectivity index (χ4v) is 1.81. The highest BCUT2D eigenvalue weighted by atomic mass is 19.1. The van der Waals surface area contributed by atoms with Crippen LogP contribution in [-0.4, -0.2) is 30.7 Å². The minimum Gasteiger partial charge on any atom is -0.396 e. The van der Waals surface area contributed by atoms with E-state index in [-0.39, 0.29) is 18.6 Å². The van der Waals surface area contributed by atoms with E-state index < -0.39 is 23.2 Å². The average molecular weight is 270 g/mol. The lowest BCUT2D eigenvalue weighted by Gasteiger charge is -2.13. The smallest absolute Gasteiger partial charge is 0.238 e. The third-order valence-corrected chi connectivity index (χ3v) is 3.31. The third kappa shape index (κ3) is 3.48. The number of carbonyl (C=O) groups excluding carboxylic acids is 1. The Morgan fingerprint density at radius 1 is 1.32 bits per heavy atom. The molecule has 1 aliphatic carbocycles. The molecule has 1 aliphatic rings. The number of benzene rings is 1. The van der Waals surface area contributed by atoms with E-state index >= 15 is 0 Å². The maximum Gasteiger partial charge on any atom is 0.238 e. The number of amides is 1. The van der Waals surface area contributed by atoms with Gasteiger partial charge in [-0.3, -0.25) is 4.79 Å². The molecule has 0 bridgehead atoms. The first-order chi connectivity index (χ1) is 9.06. The summed E-state index contributed by atoms with van der Waals surface area (Å²) in [6.07, 6.45) is 1.86. The fraction of sp³-hybridized carbons (Fsp3) is 0.462. The quantitative estimate of drug-likeness (QED) is 0.729. The second kappa shape index (κ2) is 5.63. The zero-order chi connectivity index (χ0) is 13.9. The number of rotatable bonds is 6. The SMILES string of the molecule is O=C(CNCC1(CO)CC1)Nc1c(F)cccc1F. The second-order valence-electron chi connectivity index (χ2n) is 4.91. The van der Waals surface area contributed by atoms with Gasteiger partial charge in [0.2, 0.25) is 5.91 Å². The summed E-state index contributed by atoms with van der Waals surface area (Å²) in [6, 6.07) is 3.39. The van der Waals surface area contributed by atoms with Gasteiger partial charge in [-0.2, -0.15) is 0 Å². The van der Waals surface area contributed by atoms with Crippen molar-refractivity contribution in [2.75, 3.05) is 25.0 Å². The maximum absolute atomic E-state index is 13.3. The Labute approximate surface area is 109 Å². The van der Waals surface area contributed by atoms with Gasteiger partial charge in [-0.1, -0.05) is 6.07 Å². The molecule has 0 saturated heterocycles. The molecule has 104 valence electrons. The van der Waals surface area contributed by atoms with Gasteiger partial charge in [-0.25, -0.2) is 8.78 Å². The van der Waals surface area contributed by atoms with Crippen LogP contribution >= 0.6 is 0 Å². The Balaban J connectivity index is 1.81. The van der Waals surface area contributed by atoms with Gasteiger partial charge in [0.05, 0.1) is 6.54 Å². The molecule has 1 amide bonds. The maximum atomic E-state index is 13.3. The summed E-state index contributed by atoms with van der Waals surface area (Å²) in [5, 5.41) is 14.2. The summed E-state index contributed by atoms with van der Waals surface area (Å²) in [6.45, 7) is 0.565. The number of aliphatic hydroxyl groups excluding tert-OH is 1. The first-order valence-corrected chi connectivity index (χ1v) is 6.12. The van der Waals surface area contributed by atoms with Crippen molar-refractivity contribution in [3.63, 3.8) is 0 Å². The third-order valence-electron chi connectivity index (χ3n) is 3.31. The van der Waals surface area contributed by atoms with Crippen LogP contribution in [0.4, 0.5) is 14.5 Å². The molecule has 2 rings (SSSR count). The number of hydrogen-bond donors (Lipinski definition) is 3. The van der Waals surface area contributed by atoms with Crippen LogP contribution < -0.4 is 10.6 Å². The van der Waals surface area contributed by atoms with Gasteiger partial charge in [0.15, 0.2) is 0 Å². The summed E-state index contributed by atoms with van der Waals surface area (Å²) in [5.41, 5.74) is -0.540. The van der Waals surface area contributed by atoms with Crippen molar-refractivity contribution < 1.29 is 18.7 Å². The number of halogens is 2. The first-order valence-electron chi connectivity index (χ1n) is 6.12. The highest BCUT2D eigenvalue weighted by molar-refractivity contribution is 5.92. The van der Waals surface area contributed by atoms with Gasteiger partial charge in [0.25, 0.3) is 0 Å². The molecule has 1 aromatic rings. The van der Waals surface area contributed by atoms with Crippen molar-refractivity contribution in [2.45, 2.75) is 12.8 Å². The van der Waals surface area contributed by atoms with Crippen LogP contribution in [0.1, 0.15) is 12.8 Å². The summed E-state index contributed by atoms with van der Waals surface area (Å²) in [7, 11) is 0. The molecule has 4 nitrogen and oxygen atoms in total. The Morgan fingerprint density at radius 3 is 2.47 bits per heavy atom. The van der Waals surface area contributed by atoms with E-state index in [0.29, 0.717) is 6.54 Å². The standard InChI is InChI=1S/C13H16F2N2O2/c14-9-2-1-3-10(15)12(9)17-11(19)6-16-7-13(8-18)4-5-13/h1-3,16,18H,4-8H2,(H,17,19). The van der Waals surface area contributed by atoms with Gasteiger partial charge in [-0.05, 0) is 25.0 Å². The molecular weight excluding hydrogens is 254 g/mol. The zero-order valence-electron chi connectivity index (χ0n) is 10.4. The van der Waals surface area contributed by atoms with Crippen molar-refractivity contribution in [1.82, 2.24) is 5.32 Å². The van der Waals surface area contributed by atoms with Crippen LogP contribution in [-0.2, 0) is 4.79 Å². The lowest BCUT2D eigenvalue weighted by atomic mass is 10.1. The Morgan fingerprint density at radius 2 is 1.95 bits per heavy atom. The van der Waals surface area contributed by atoms with Crippen molar-refractivity contribution in [1.29, 1.82) is 0 Å². The molecule has 0 atom stereocenters. The van der Waals surface area contributed by atoms with Crippen LogP contribution in [0.15, 0.2) is 18.2 Å². The molecule has 0 unspecified atom stereocenters. The minimum absolute atomic E-state index is 0.0461. The van der Waals surface area contributed by atoms with Gasteiger partial charge in [0.1, 0.15) is 17.3 Å². The molecule has 3 N–H and O–H groups in total. The highest BCUT2D eigenvalue weighted by Crippen LogP contribution is 2.44. The number of carbonyl (C=O) groups is 1. The lowest BCUT2D eigenvalue weighted by Crippen LogP contribution is -2.34. The number of nitrogens with one attached hydrogen (secondary N) is 2. The van der Waals surface area contributed by atoms with E-state index in [1.54, 1.807) is 0 Å². The predicted octanol–water partition coefficient (Wildman–Crippen LogP) is 1.27. The molecule has 1 fully saturated rings.